The second-order valence-corrected chi connectivity index (χ2v) is 8.65. The molecule has 0 aliphatic heterocycles. The zero-order valence-corrected chi connectivity index (χ0v) is 17.0. The van der Waals surface area contributed by atoms with Gasteiger partial charge >= 0.3 is 41.8 Å². The number of alkyl halides is 13. The number of nitrogens with one attached hydrogen (secondary N) is 1. The average Bonchev–Trinajstić information content (AvgIpc) is 3.02. The van der Waals surface area contributed by atoms with E-state index in [0.29, 0.717) is 0 Å². The highest BCUT2D eigenvalue weighted by molar-refractivity contribution is 8.01. The molecule has 20 heteroatoms. The van der Waals surface area contributed by atoms with Gasteiger partial charge in [0.05, 0.1) is 6.42 Å². The van der Waals surface area contributed by atoms with Crippen molar-refractivity contribution in [1.82, 2.24) is 10.2 Å². The predicted octanol–water partition coefficient (Wildman–Crippen LogP) is 5.96. The predicted molar refractivity (Wildman–Crippen MR) is 84.4 cm³/mol. The standard InChI is InChI=1S/C12H7F13N2O2S3/c13-7(14,3-29-4(28)1-2-31-6-27-26-5(30)32-6)8(15,9(16,17)11(20,21)22)10(18,19)12(23,24)25/h1-3H2,(H,26,30). The zero-order valence-electron chi connectivity index (χ0n) is 14.5. The van der Waals surface area contributed by atoms with Crippen molar-refractivity contribution in [3.63, 3.8) is 0 Å². The van der Waals surface area contributed by atoms with Crippen LogP contribution >= 0.6 is 35.3 Å². The van der Waals surface area contributed by atoms with E-state index in [-0.39, 0.29) is 14.0 Å². The van der Waals surface area contributed by atoms with E-state index in [9.17, 15) is 61.9 Å². The van der Waals surface area contributed by atoms with Crippen molar-refractivity contribution in [2.75, 3.05) is 12.4 Å². The minimum absolute atomic E-state index is 0.185. The van der Waals surface area contributed by atoms with Crippen molar-refractivity contribution in [3.05, 3.63) is 3.95 Å². The molecular formula is C12H7F13N2O2S3. The molecule has 0 atom stereocenters. The van der Waals surface area contributed by atoms with E-state index in [1.165, 1.54) is 0 Å². The first-order valence-corrected chi connectivity index (χ1v) is 9.62. The highest BCUT2D eigenvalue weighted by atomic mass is 32.2. The summed E-state index contributed by atoms with van der Waals surface area (Å²) in [7, 11) is 0. The topological polar surface area (TPSA) is 55.0 Å². The minimum Gasteiger partial charge on any atom is -0.459 e. The number of halogens is 13. The molecule has 4 nitrogen and oxygen atoms in total. The lowest BCUT2D eigenvalue weighted by Crippen LogP contribution is -2.75. The van der Waals surface area contributed by atoms with Gasteiger partial charge in [-0.25, -0.2) is 4.39 Å². The molecule has 0 aliphatic rings. The summed E-state index contributed by atoms with van der Waals surface area (Å²) >= 11 is 6.27. The normalized spacial score (nSPS) is 14.5. The molecule has 0 aliphatic carbocycles. The van der Waals surface area contributed by atoms with Crippen molar-refractivity contribution in [1.29, 1.82) is 0 Å². The lowest BCUT2D eigenvalue weighted by atomic mass is 9.83. The van der Waals surface area contributed by atoms with Gasteiger partial charge in [-0.15, -0.1) is 0 Å². The van der Waals surface area contributed by atoms with E-state index in [1.807, 2.05) is 0 Å². The number of hydrogen-bond donors (Lipinski definition) is 1. The van der Waals surface area contributed by atoms with Gasteiger partial charge in [-0.2, -0.15) is 57.8 Å². The van der Waals surface area contributed by atoms with Crippen LogP contribution < -0.4 is 0 Å². The van der Waals surface area contributed by atoms with Crippen LogP contribution in [-0.4, -0.2) is 64.3 Å². The largest absolute Gasteiger partial charge is 0.459 e. The lowest BCUT2D eigenvalue weighted by molar-refractivity contribution is -0.442. The zero-order chi connectivity index (χ0) is 25.4. The molecule has 0 amide bonds. The third-order valence-corrected chi connectivity index (χ3v) is 5.68. The minimum atomic E-state index is -7.92. The summed E-state index contributed by atoms with van der Waals surface area (Å²) in [6.07, 6.45) is -16.1. The Bertz CT molecular complexity index is 835. The Morgan fingerprint density at radius 3 is 1.78 bits per heavy atom. The molecule has 0 fully saturated rings. The van der Waals surface area contributed by atoms with Crippen molar-refractivity contribution < 1.29 is 66.6 Å². The van der Waals surface area contributed by atoms with Crippen LogP contribution in [0.3, 0.4) is 0 Å². The van der Waals surface area contributed by atoms with Crippen LogP contribution in [0, 0.1) is 3.95 Å². The van der Waals surface area contributed by atoms with Crippen LogP contribution in [-0.2, 0) is 9.53 Å². The molecule has 0 saturated carbocycles. The number of ether oxygens (including phenoxy) is 1. The average molecular weight is 554 g/mol. The number of aromatic nitrogens is 2. The van der Waals surface area contributed by atoms with Crippen LogP contribution in [0.1, 0.15) is 6.42 Å². The number of nitrogens with zero attached hydrogens (tertiary/aromatic N) is 1. The van der Waals surface area contributed by atoms with E-state index < -0.39 is 54.8 Å². The van der Waals surface area contributed by atoms with E-state index in [4.69, 9.17) is 0 Å². The van der Waals surface area contributed by atoms with Crippen LogP contribution in [0.4, 0.5) is 57.1 Å². The van der Waals surface area contributed by atoms with Crippen LogP contribution in [0.2, 0.25) is 0 Å². The van der Waals surface area contributed by atoms with Gasteiger partial charge in [0, 0.05) is 5.75 Å². The molecular weight excluding hydrogens is 547 g/mol. The summed E-state index contributed by atoms with van der Waals surface area (Å²) in [4.78, 5) is 11.3. The number of carbonyl (C=O) groups excluding carboxylic acids is 1. The molecule has 186 valence electrons. The summed E-state index contributed by atoms with van der Waals surface area (Å²) in [5, 5.41) is 5.88. The Labute approximate surface area is 181 Å². The number of esters is 1. The maximum atomic E-state index is 14.1. The van der Waals surface area contributed by atoms with E-state index >= 15 is 0 Å². The van der Waals surface area contributed by atoms with Gasteiger partial charge in [0.25, 0.3) is 0 Å². The number of hydrogen-bond acceptors (Lipinski definition) is 6. The second-order valence-electron chi connectivity index (χ2n) is 5.65. The Morgan fingerprint density at radius 1 is 0.938 bits per heavy atom. The lowest BCUT2D eigenvalue weighted by Gasteiger charge is -2.43. The number of H-pyrrole nitrogens is 1. The van der Waals surface area contributed by atoms with E-state index in [1.54, 1.807) is 0 Å². The molecule has 0 saturated heterocycles. The van der Waals surface area contributed by atoms with Crippen LogP contribution in [0.5, 0.6) is 0 Å². The highest BCUT2D eigenvalue weighted by Gasteiger charge is 2.93. The maximum absolute atomic E-state index is 14.1. The number of carbonyl (C=O) groups is 1. The molecule has 1 aromatic rings. The van der Waals surface area contributed by atoms with Gasteiger partial charge < -0.3 is 4.74 Å². The van der Waals surface area contributed by atoms with Gasteiger partial charge in [-0.05, 0) is 12.2 Å². The number of thioether (sulfide) groups is 1. The van der Waals surface area contributed by atoms with Gasteiger partial charge in [0.2, 0.25) is 0 Å². The fourth-order valence-electron chi connectivity index (χ4n) is 1.89. The third-order valence-electron chi connectivity index (χ3n) is 3.45. The maximum Gasteiger partial charge on any atom is 0.457 e. The van der Waals surface area contributed by atoms with Crippen molar-refractivity contribution in [2.45, 2.75) is 46.5 Å². The van der Waals surface area contributed by atoms with Gasteiger partial charge in [0.1, 0.15) is 0 Å². The summed E-state index contributed by atoms with van der Waals surface area (Å²) < 4.78 is 173. The van der Waals surface area contributed by atoms with Gasteiger partial charge in [-0.3, -0.25) is 9.89 Å². The first-order chi connectivity index (χ1) is 14.1. The van der Waals surface area contributed by atoms with E-state index in [0.717, 1.165) is 23.1 Å². The summed E-state index contributed by atoms with van der Waals surface area (Å²) in [6, 6.07) is 0. The monoisotopic (exact) mass is 554 g/mol. The van der Waals surface area contributed by atoms with Gasteiger partial charge in [-0.1, -0.05) is 23.1 Å². The molecule has 32 heavy (non-hydrogen) atoms. The molecule has 0 radical (unpaired) electrons. The molecule has 0 bridgehead atoms. The first-order valence-electron chi connectivity index (χ1n) is 7.41. The Balaban J connectivity index is 3.10. The molecule has 1 aromatic heterocycles. The van der Waals surface area contributed by atoms with Crippen LogP contribution in [0.15, 0.2) is 4.34 Å². The molecule has 0 aromatic carbocycles. The fraction of sp³-hybridized carbons (Fsp3) is 0.750. The van der Waals surface area contributed by atoms with Crippen molar-refractivity contribution >= 4 is 41.3 Å². The summed E-state index contributed by atoms with van der Waals surface area (Å²) in [5.74, 6) is -24.9. The fourth-order valence-corrected chi connectivity index (χ4v) is 3.96. The Hall–Kier alpha value is -1.31. The van der Waals surface area contributed by atoms with Crippen molar-refractivity contribution in [2.24, 2.45) is 0 Å². The third kappa shape index (κ3) is 5.26. The number of aromatic amines is 1. The smallest absolute Gasteiger partial charge is 0.457 e. The summed E-state index contributed by atoms with van der Waals surface area (Å²) in [6.45, 7) is -3.27. The Kier molecular flexibility index (Phi) is 8.21. The van der Waals surface area contributed by atoms with Gasteiger partial charge in [0.15, 0.2) is 14.9 Å². The molecule has 1 N–H and O–H groups in total. The molecule has 1 heterocycles. The van der Waals surface area contributed by atoms with Crippen molar-refractivity contribution in [3.8, 4) is 0 Å². The molecule has 0 unspecified atom stereocenters. The summed E-state index contributed by atoms with van der Waals surface area (Å²) in [5.41, 5.74) is -7.89. The SMILES string of the molecule is O=C(CCSc1n[nH]c(=S)s1)OCC(F)(F)C(F)(C(F)(F)C(F)(F)F)C(F)(F)C(F)(F)F. The second kappa shape index (κ2) is 9.15. The van der Waals surface area contributed by atoms with E-state index in [2.05, 4.69) is 27.2 Å². The number of rotatable bonds is 9. The molecule has 0 spiro atoms. The molecule has 1 rings (SSSR count). The van der Waals surface area contributed by atoms with Crippen LogP contribution in [0.25, 0.3) is 0 Å². The Morgan fingerprint density at radius 2 is 1.41 bits per heavy atom. The first kappa shape index (κ1) is 28.7. The highest BCUT2D eigenvalue weighted by Crippen LogP contribution is 2.62. The quantitative estimate of drug-likeness (QED) is 0.177.